The summed E-state index contributed by atoms with van der Waals surface area (Å²) in [5.41, 5.74) is 1.08. The van der Waals surface area contributed by atoms with Gasteiger partial charge < -0.3 is 10.6 Å². The van der Waals surface area contributed by atoms with Crippen LogP contribution in [-0.2, 0) is 13.0 Å². The third-order valence-electron chi connectivity index (χ3n) is 2.56. The van der Waals surface area contributed by atoms with Gasteiger partial charge >= 0.3 is 0 Å². The Morgan fingerprint density at radius 3 is 2.82 bits per heavy atom. The number of rotatable bonds is 5. The topological polar surface area (TPSA) is 49.3 Å². The molecule has 0 unspecified atom stereocenters. The zero-order chi connectivity index (χ0) is 12.7. The van der Waals surface area contributed by atoms with Crippen molar-refractivity contribution in [3.05, 3.63) is 16.1 Å². The molecule has 1 aromatic rings. The van der Waals surface area contributed by atoms with E-state index in [0.717, 1.165) is 31.0 Å². The van der Waals surface area contributed by atoms with Crippen LogP contribution < -0.4 is 10.6 Å². The van der Waals surface area contributed by atoms with Crippen LogP contribution in [0.5, 0.6) is 0 Å². The molecule has 17 heavy (non-hydrogen) atoms. The van der Waals surface area contributed by atoms with E-state index in [-0.39, 0.29) is 0 Å². The second-order valence-corrected chi connectivity index (χ2v) is 4.91. The van der Waals surface area contributed by atoms with Crippen LogP contribution in [0.3, 0.4) is 0 Å². The molecular formula is C12H22N4S. The smallest absolute Gasteiger partial charge is 0.191 e. The molecule has 1 heterocycles. The molecule has 0 aliphatic heterocycles. The lowest BCUT2D eigenvalue weighted by molar-refractivity contribution is 0.623. The lowest BCUT2D eigenvalue weighted by atomic mass is 10.3. The summed E-state index contributed by atoms with van der Waals surface area (Å²) in [4.78, 5) is 8.70. The van der Waals surface area contributed by atoms with Gasteiger partial charge in [-0.3, -0.25) is 4.99 Å². The van der Waals surface area contributed by atoms with Crippen molar-refractivity contribution in [1.82, 2.24) is 15.6 Å². The number of aromatic nitrogens is 1. The second kappa shape index (κ2) is 7.27. The maximum atomic E-state index is 4.51. The minimum atomic E-state index is 0.433. The van der Waals surface area contributed by atoms with Crippen LogP contribution in [0.25, 0.3) is 0 Å². The normalized spacial score (nSPS) is 13.5. The summed E-state index contributed by atoms with van der Waals surface area (Å²) in [5.74, 6) is 0.838. The maximum absolute atomic E-state index is 4.51. The molecule has 1 rings (SSSR count). The Kier molecular flexibility index (Phi) is 5.97. The van der Waals surface area contributed by atoms with Crippen LogP contribution in [-0.4, -0.2) is 24.0 Å². The van der Waals surface area contributed by atoms with Crippen LogP contribution in [0.1, 0.15) is 37.9 Å². The molecule has 0 spiro atoms. The van der Waals surface area contributed by atoms with Crippen LogP contribution in [0.4, 0.5) is 0 Å². The highest BCUT2D eigenvalue weighted by Crippen LogP contribution is 2.09. The number of nitrogens with one attached hydrogen (secondary N) is 2. The highest BCUT2D eigenvalue weighted by Gasteiger charge is 2.04. The highest BCUT2D eigenvalue weighted by molar-refractivity contribution is 7.09. The van der Waals surface area contributed by atoms with Gasteiger partial charge in [0.1, 0.15) is 0 Å². The Hall–Kier alpha value is -1.10. The first-order chi connectivity index (χ1) is 8.19. The average Bonchev–Trinajstić information content (AvgIpc) is 2.82. The molecule has 0 saturated carbocycles. The molecule has 0 fully saturated rings. The highest BCUT2D eigenvalue weighted by atomic mass is 32.1. The SMILES string of the molecule is CCc1nc(CNC(=NC)N[C@H](C)CC)cs1. The molecule has 96 valence electrons. The van der Waals surface area contributed by atoms with Gasteiger partial charge in [-0.25, -0.2) is 4.98 Å². The monoisotopic (exact) mass is 254 g/mol. The van der Waals surface area contributed by atoms with Crippen LogP contribution in [0.2, 0.25) is 0 Å². The summed E-state index contributed by atoms with van der Waals surface area (Å²) in [6.45, 7) is 7.15. The van der Waals surface area contributed by atoms with Crippen molar-refractivity contribution in [3.63, 3.8) is 0 Å². The van der Waals surface area contributed by atoms with Crippen LogP contribution in [0.15, 0.2) is 10.4 Å². The van der Waals surface area contributed by atoms with Crippen LogP contribution in [0, 0.1) is 0 Å². The molecule has 0 aliphatic rings. The van der Waals surface area contributed by atoms with E-state index in [2.05, 4.69) is 46.8 Å². The van der Waals surface area contributed by atoms with Crippen molar-refractivity contribution in [2.24, 2.45) is 4.99 Å². The van der Waals surface area contributed by atoms with Crippen molar-refractivity contribution < 1.29 is 0 Å². The Bertz CT molecular complexity index is 359. The Balaban J connectivity index is 2.42. The molecule has 5 heteroatoms. The second-order valence-electron chi connectivity index (χ2n) is 3.97. The van der Waals surface area contributed by atoms with E-state index in [1.54, 1.807) is 18.4 Å². The molecule has 0 amide bonds. The fourth-order valence-corrected chi connectivity index (χ4v) is 2.04. The first-order valence-electron chi connectivity index (χ1n) is 6.10. The molecule has 0 saturated heterocycles. The Morgan fingerprint density at radius 2 is 2.29 bits per heavy atom. The molecule has 2 N–H and O–H groups in total. The first kappa shape index (κ1) is 14.0. The van der Waals surface area contributed by atoms with Crippen LogP contribution >= 0.6 is 11.3 Å². The molecule has 1 atom stereocenters. The van der Waals surface area contributed by atoms with E-state index in [0.29, 0.717) is 6.04 Å². The average molecular weight is 254 g/mol. The molecule has 0 bridgehead atoms. The molecule has 0 aromatic carbocycles. The summed E-state index contributed by atoms with van der Waals surface area (Å²) in [6.07, 6.45) is 2.09. The van der Waals surface area contributed by atoms with Crippen molar-refractivity contribution >= 4 is 17.3 Å². The van der Waals surface area contributed by atoms with Gasteiger partial charge in [-0.15, -0.1) is 11.3 Å². The zero-order valence-corrected chi connectivity index (χ0v) is 11.9. The Labute approximate surface area is 108 Å². The molecule has 1 aromatic heterocycles. The van der Waals surface area contributed by atoms with E-state index < -0.39 is 0 Å². The number of aliphatic imine (C=N–C) groups is 1. The lowest BCUT2D eigenvalue weighted by Gasteiger charge is -2.15. The maximum Gasteiger partial charge on any atom is 0.191 e. The third kappa shape index (κ3) is 4.73. The summed E-state index contributed by atoms with van der Waals surface area (Å²) >= 11 is 1.72. The van der Waals surface area contributed by atoms with Crippen molar-refractivity contribution in [2.75, 3.05) is 7.05 Å². The number of aryl methyl sites for hydroxylation is 1. The summed E-state index contributed by atoms with van der Waals surface area (Å²) < 4.78 is 0. The third-order valence-corrected chi connectivity index (χ3v) is 3.60. The largest absolute Gasteiger partial charge is 0.354 e. The number of hydrogen-bond acceptors (Lipinski definition) is 3. The van der Waals surface area contributed by atoms with Crippen molar-refractivity contribution in [2.45, 2.75) is 46.2 Å². The van der Waals surface area contributed by atoms with Gasteiger partial charge in [0, 0.05) is 18.5 Å². The molecule has 0 radical (unpaired) electrons. The zero-order valence-electron chi connectivity index (χ0n) is 11.1. The predicted molar refractivity (Wildman–Crippen MR) is 74.6 cm³/mol. The Morgan fingerprint density at radius 1 is 1.53 bits per heavy atom. The van der Waals surface area contributed by atoms with E-state index in [9.17, 15) is 0 Å². The number of hydrogen-bond donors (Lipinski definition) is 2. The van der Waals surface area contributed by atoms with E-state index in [1.807, 2.05) is 0 Å². The van der Waals surface area contributed by atoms with Gasteiger partial charge in [0.05, 0.1) is 17.2 Å². The lowest BCUT2D eigenvalue weighted by Crippen LogP contribution is -2.41. The molecular weight excluding hydrogens is 232 g/mol. The first-order valence-corrected chi connectivity index (χ1v) is 6.98. The van der Waals surface area contributed by atoms with Gasteiger partial charge in [-0.05, 0) is 19.8 Å². The minimum Gasteiger partial charge on any atom is -0.354 e. The number of nitrogens with zero attached hydrogens (tertiary/aromatic N) is 2. The van der Waals surface area contributed by atoms with Crippen molar-refractivity contribution in [1.29, 1.82) is 0 Å². The predicted octanol–water partition coefficient (Wildman–Crippen LogP) is 2.17. The van der Waals surface area contributed by atoms with E-state index >= 15 is 0 Å². The van der Waals surface area contributed by atoms with Crippen molar-refractivity contribution in [3.8, 4) is 0 Å². The summed E-state index contributed by atoms with van der Waals surface area (Å²) in [6, 6.07) is 0.433. The van der Waals surface area contributed by atoms with Gasteiger partial charge in [0.25, 0.3) is 0 Å². The standard InChI is InChI=1S/C12H22N4S/c1-5-9(3)15-12(13-4)14-7-10-8-17-11(6-2)16-10/h8-9H,5-7H2,1-4H3,(H2,13,14,15)/t9-/m1/s1. The van der Waals surface area contributed by atoms with Gasteiger partial charge in [-0.2, -0.15) is 0 Å². The van der Waals surface area contributed by atoms with E-state index in [1.165, 1.54) is 5.01 Å². The fraction of sp³-hybridized carbons (Fsp3) is 0.667. The molecule has 0 aliphatic carbocycles. The summed E-state index contributed by atoms with van der Waals surface area (Å²) in [5, 5.41) is 9.88. The fourth-order valence-electron chi connectivity index (χ4n) is 1.30. The van der Waals surface area contributed by atoms with E-state index in [4.69, 9.17) is 0 Å². The number of thiazole rings is 1. The van der Waals surface area contributed by atoms with Gasteiger partial charge in [0.15, 0.2) is 5.96 Å². The summed E-state index contributed by atoms with van der Waals surface area (Å²) in [7, 11) is 1.79. The molecule has 4 nitrogen and oxygen atoms in total. The number of guanidine groups is 1. The van der Waals surface area contributed by atoms with Gasteiger partial charge in [-0.1, -0.05) is 13.8 Å². The van der Waals surface area contributed by atoms with Gasteiger partial charge in [0.2, 0.25) is 0 Å². The minimum absolute atomic E-state index is 0.433. The quantitative estimate of drug-likeness (QED) is 0.625.